The second-order valence-electron chi connectivity index (χ2n) is 7.05. The molecule has 0 amide bonds. The van der Waals surface area contributed by atoms with Gasteiger partial charge in [-0.2, -0.15) is 4.37 Å². The van der Waals surface area contributed by atoms with E-state index < -0.39 is 0 Å². The van der Waals surface area contributed by atoms with Crippen LogP contribution in [0.3, 0.4) is 0 Å². The molecule has 1 heterocycles. The van der Waals surface area contributed by atoms with Crippen LogP contribution in [0.4, 0.5) is 0 Å². The van der Waals surface area contributed by atoms with E-state index in [0.29, 0.717) is 0 Å². The zero-order valence-corrected chi connectivity index (χ0v) is 17.6. The summed E-state index contributed by atoms with van der Waals surface area (Å²) in [6.45, 7) is 12.5. The zero-order valence-electron chi connectivity index (χ0n) is 16.7. The van der Waals surface area contributed by atoms with Gasteiger partial charge in [-0.05, 0) is 63.1 Å². The van der Waals surface area contributed by atoms with Gasteiger partial charge < -0.3 is 9.64 Å². The summed E-state index contributed by atoms with van der Waals surface area (Å²) in [5.74, 6) is 0.945. The van der Waals surface area contributed by atoms with Gasteiger partial charge in [-0.1, -0.05) is 43.2 Å². The SMILES string of the molecule is C=CCN(C)CCCCCCOc1ccc2c(CC=CC(=C)C)nsc2c1. The number of fused-ring (bicyclic) bond motifs is 1. The molecule has 0 saturated heterocycles. The Kier molecular flexibility index (Phi) is 9.29. The summed E-state index contributed by atoms with van der Waals surface area (Å²) < 4.78 is 11.7. The molecule has 0 unspecified atom stereocenters. The Labute approximate surface area is 168 Å². The van der Waals surface area contributed by atoms with E-state index in [1.165, 1.54) is 29.3 Å². The molecule has 1 aromatic carbocycles. The fourth-order valence-electron chi connectivity index (χ4n) is 2.92. The predicted octanol–water partition coefficient (Wildman–Crippen LogP) is 6.03. The van der Waals surface area contributed by atoms with Crippen molar-refractivity contribution >= 4 is 21.6 Å². The first-order valence-electron chi connectivity index (χ1n) is 9.72. The Bertz CT molecular complexity index is 763. The van der Waals surface area contributed by atoms with Crippen LogP contribution >= 0.6 is 11.5 Å². The molecule has 0 spiro atoms. The van der Waals surface area contributed by atoms with Gasteiger partial charge in [0.2, 0.25) is 0 Å². The lowest BCUT2D eigenvalue weighted by Gasteiger charge is -2.13. The molecule has 0 radical (unpaired) electrons. The number of allylic oxidation sites excluding steroid dienone is 3. The van der Waals surface area contributed by atoms with Gasteiger partial charge in [0.1, 0.15) is 5.75 Å². The van der Waals surface area contributed by atoms with Crippen LogP contribution in [0.1, 0.15) is 38.3 Å². The number of ether oxygens (including phenoxy) is 1. The van der Waals surface area contributed by atoms with Gasteiger partial charge in [0.05, 0.1) is 17.0 Å². The van der Waals surface area contributed by atoms with Crippen LogP contribution in [-0.2, 0) is 6.42 Å². The average molecular weight is 385 g/mol. The monoisotopic (exact) mass is 384 g/mol. The number of nitrogens with zero attached hydrogens (tertiary/aromatic N) is 2. The highest BCUT2D eigenvalue weighted by atomic mass is 32.1. The van der Waals surface area contributed by atoms with Crippen LogP contribution < -0.4 is 4.74 Å². The Balaban J connectivity index is 1.71. The van der Waals surface area contributed by atoms with Crippen molar-refractivity contribution in [2.75, 3.05) is 26.7 Å². The molecule has 4 heteroatoms. The molecule has 0 fully saturated rings. The maximum Gasteiger partial charge on any atom is 0.120 e. The van der Waals surface area contributed by atoms with Crippen LogP contribution in [0, 0.1) is 0 Å². The van der Waals surface area contributed by atoms with Crippen molar-refractivity contribution < 1.29 is 4.74 Å². The molecule has 0 aliphatic carbocycles. The van der Waals surface area contributed by atoms with Crippen LogP contribution in [0.15, 0.2) is 55.2 Å². The Hall–Kier alpha value is -1.91. The van der Waals surface area contributed by atoms with Gasteiger partial charge >= 0.3 is 0 Å². The van der Waals surface area contributed by atoms with E-state index in [9.17, 15) is 0 Å². The fourth-order valence-corrected chi connectivity index (χ4v) is 3.75. The lowest BCUT2D eigenvalue weighted by atomic mass is 10.1. The molecule has 0 bridgehead atoms. The molecule has 2 aromatic rings. The van der Waals surface area contributed by atoms with Crippen molar-refractivity contribution in [3.63, 3.8) is 0 Å². The highest BCUT2D eigenvalue weighted by molar-refractivity contribution is 7.13. The molecule has 0 N–H and O–H groups in total. The fraction of sp³-hybridized carbons (Fsp3) is 0.435. The predicted molar refractivity (Wildman–Crippen MR) is 119 cm³/mol. The number of hydrogen-bond acceptors (Lipinski definition) is 4. The van der Waals surface area contributed by atoms with Gasteiger partial charge in [-0.15, -0.1) is 6.58 Å². The minimum Gasteiger partial charge on any atom is -0.494 e. The third-order valence-corrected chi connectivity index (χ3v) is 5.22. The van der Waals surface area contributed by atoms with E-state index in [2.05, 4.69) is 53.8 Å². The van der Waals surface area contributed by atoms with Crippen molar-refractivity contribution in [2.45, 2.75) is 39.0 Å². The number of hydrogen-bond donors (Lipinski definition) is 0. The first-order chi connectivity index (χ1) is 13.1. The Morgan fingerprint density at radius 2 is 2.07 bits per heavy atom. The summed E-state index contributed by atoms with van der Waals surface area (Å²) in [5, 5.41) is 1.22. The van der Waals surface area contributed by atoms with E-state index in [1.807, 2.05) is 19.1 Å². The Morgan fingerprint density at radius 3 is 2.85 bits per heavy atom. The topological polar surface area (TPSA) is 25.4 Å². The normalized spacial score (nSPS) is 11.5. The van der Waals surface area contributed by atoms with Gasteiger partial charge in [-0.3, -0.25) is 0 Å². The van der Waals surface area contributed by atoms with Crippen LogP contribution in [0.25, 0.3) is 10.1 Å². The standard InChI is InChI=1S/C23H32N2OS/c1-5-15-25(4)16-8-6-7-9-17-26-20-13-14-21-22(12-10-11-19(2)3)24-27-23(21)18-20/h5,10-11,13-14,18H,1-2,6-9,12,15-17H2,3-4H3. The first-order valence-corrected chi connectivity index (χ1v) is 10.5. The van der Waals surface area contributed by atoms with Crippen molar-refractivity contribution in [1.29, 1.82) is 0 Å². The van der Waals surface area contributed by atoms with Gasteiger partial charge in [0, 0.05) is 18.4 Å². The van der Waals surface area contributed by atoms with Crippen molar-refractivity contribution in [1.82, 2.24) is 9.27 Å². The molecule has 0 aliphatic heterocycles. The average Bonchev–Trinajstić information content (AvgIpc) is 3.03. The van der Waals surface area contributed by atoms with E-state index in [0.717, 1.165) is 49.6 Å². The van der Waals surface area contributed by atoms with Crippen molar-refractivity contribution in [2.24, 2.45) is 0 Å². The third-order valence-electron chi connectivity index (χ3n) is 4.38. The van der Waals surface area contributed by atoms with Gasteiger partial charge in [0.25, 0.3) is 0 Å². The highest BCUT2D eigenvalue weighted by Crippen LogP contribution is 2.27. The third kappa shape index (κ3) is 7.69. The minimum atomic E-state index is 0.779. The highest BCUT2D eigenvalue weighted by Gasteiger charge is 2.06. The molecule has 1 aromatic heterocycles. The molecule has 27 heavy (non-hydrogen) atoms. The number of rotatable bonds is 13. The smallest absolute Gasteiger partial charge is 0.120 e. The largest absolute Gasteiger partial charge is 0.494 e. The second kappa shape index (κ2) is 11.7. The van der Waals surface area contributed by atoms with E-state index in [1.54, 1.807) is 11.5 Å². The van der Waals surface area contributed by atoms with E-state index in [-0.39, 0.29) is 0 Å². The quantitative estimate of drug-likeness (QED) is 0.239. The maximum absolute atomic E-state index is 5.93. The maximum atomic E-state index is 5.93. The summed E-state index contributed by atoms with van der Waals surface area (Å²) in [7, 11) is 2.14. The number of unbranched alkanes of at least 4 members (excludes halogenated alkanes) is 3. The van der Waals surface area contributed by atoms with Crippen LogP contribution in [0.5, 0.6) is 5.75 Å². The lowest BCUT2D eigenvalue weighted by molar-refractivity contribution is 0.300. The molecule has 0 atom stereocenters. The number of benzene rings is 1. The molecule has 146 valence electrons. The number of likely N-dealkylation sites (N-methyl/N-ethyl adjacent to an activating group) is 1. The van der Waals surface area contributed by atoms with Crippen LogP contribution in [0.2, 0.25) is 0 Å². The summed E-state index contributed by atoms with van der Waals surface area (Å²) in [6.07, 6.45) is 11.8. The van der Waals surface area contributed by atoms with E-state index >= 15 is 0 Å². The van der Waals surface area contributed by atoms with E-state index in [4.69, 9.17) is 4.74 Å². The molecular formula is C23H32N2OS. The molecule has 3 nitrogen and oxygen atoms in total. The lowest BCUT2D eigenvalue weighted by Crippen LogP contribution is -2.19. The summed E-state index contributed by atoms with van der Waals surface area (Å²) in [6, 6.07) is 6.31. The second-order valence-corrected chi connectivity index (χ2v) is 7.86. The summed E-state index contributed by atoms with van der Waals surface area (Å²) in [4.78, 5) is 2.30. The molecular weight excluding hydrogens is 352 g/mol. The zero-order chi connectivity index (χ0) is 19.5. The first kappa shape index (κ1) is 21.4. The summed E-state index contributed by atoms with van der Waals surface area (Å²) >= 11 is 1.55. The summed E-state index contributed by atoms with van der Waals surface area (Å²) in [5.41, 5.74) is 2.19. The molecule has 2 rings (SSSR count). The molecule has 0 aliphatic rings. The van der Waals surface area contributed by atoms with Gasteiger partial charge in [-0.25, -0.2) is 0 Å². The number of aromatic nitrogens is 1. The van der Waals surface area contributed by atoms with Crippen molar-refractivity contribution in [3.8, 4) is 5.75 Å². The Morgan fingerprint density at radius 1 is 1.26 bits per heavy atom. The van der Waals surface area contributed by atoms with Gasteiger partial charge in [0.15, 0.2) is 0 Å². The minimum absolute atomic E-state index is 0.779. The van der Waals surface area contributed by atoms with Crippen LogP contribution in [-0.4, -0.2) is 36.0 Å². The molecule has 0 saturated carbocycles. The van der Waals surface area contributed by atoms with Crippen molar-refractivity contribution in [3.05, 3.63) is 60.9 Å².